The van der Waals surface area contributed by atoms with E-state index in [9.17, 15) is 18.4 Å². The highest BCUT2D eigenvalue weighted by Gasteiger charge is 2.22. The second-order valence-electron chi connectivity index (χ2n) is 4.23. The van der Waals surface area contributed by atoms with Crippen LogP contribution in [0, 0.1) is 11.6 Å². The summed E-state index contributed by atoms with van der Waals surface area (Å²) in [4.78, 5) is 24.0. The Morgan fingerprint density at radius 2 is 2.00 bits per heavy atom. The van der Waals surface area contributed by atoms with Crippen molar-refractivity contribution in [2.24, 2.45) is 0 Å². The maximum Gasteiger partial charge on any atom is 0.305 e. The maximum absolute atomic E-state index is 13.7. The molecule has 20 heavy (non-hydrogen) atoms. The summed E-state index contributed by atoms with van der Waals surface area (Å²) in [7, 11) is 2.65. The van der Waals surface area contributed by atoms with Crippen molar-refractivity contribution in [1.82, 2.24) is 4.90 Å². The molecule has 1 rings (SSSR count). The lowest BCUT2D eigenvalue weighted by Crippen LogP contribution is -2.30. The number of benzene rings is 1. The Morgan fingerprint density at radius 3 is 2.60 bits per heavy atom. The number of carbonyl (C=O) groups is 2. The molecule has 0 spiro atoms. The number of amides is 1. The van der Waals surface area contributed by atoms with Gasteiger partial charge in [-0.2, -0.15) is 0 Å². The first kappa shape index (κ1) is 15.9. The van der Waals surface area contributed by atoms with Crippen molar-refractivity contribution in [2.45, 2.75) is 12.8 Å². The van der Waals surface area contributed by atoms with E-state index in [0.29, 0.717) is 6.42 Å². The van der Waals surface area contributed by atoms with Crippen LogP contribution in [0.2, 0.25) is 0 Å². The van der Waals surface area contributed by atoms with Gasteiger partial charge in [-0.25, -0.2) is 8.78 Å². The quantitative estimate of drug-likeness (QED) is 0.658. The SMILES string of the molecule is COC(=O)CCCN(C)C(=O)c1c(F)ccc(N)c1F. The molecule has 7 heteroatoms. The molecule has 1 amide bonds. The summed E-state index contributed by atoms with van der Waals surface area (Å²) >= 11 is 0. The van der Waals surface area contributed by atoms with E-state index in [0.717, 1.165) is 17.0 Å². The Hall–Kier alpha value is -2.18. The van der Waals surface area contributed by atoms with E-state index in [4.69, 9.17) is 5.73 Å². The molecule has 5 nitrogen and oxygen atoms in total. The molecule has 0 saturated heterocycles. The molecule has 0 radical (unpaired) electrons. The minimum atomic E-state index is -1.07. The Labute approximate surface area is 115 Å². The van der Waals surface area contributed by atoms with Crippen molar-refractivity contribution in [3.8, 4) is 0 Å². The number of halogens is 2. The van der Waals surface area contributed by atoms with E-state index in [-0.39, 0.29) is 18.7 Å². The number of hydrogen-bond donors (Lipinski definition) is 1. The topological polar surface area (TPSA) is 72.6 Å². The summed E-state index contributed by atoms with van der Waals surface area (Å²) in [5.41, 5.74) is 4.33. The van der Waals surface area contributed by atoms with Crippen LogP contribution >= 0.6 is 0 Å². The molecule has 110 valence electrons. The van der Waals surface area contributed by atoms with Gasteiger partial charge < -0.3 is 15.4 Å². The number of nitrogens with two attached hydrogens (primary N) is 1. The lowest BCUT2D eigenvalue weighted by molar-refractivity contribution is -0.140. The van der Waals surface area contributed by atoms with Gasteiger partial charge in [0, 0.05) is 20.0 Å². The maximum atomic E-state index is 13.7. The fourth-order valence-electron chi connectivity index (χ4n) is 1.62. The molecule has 1 aromatic rings. The van der Waals surface area contributed by atoms with Crippen LogP contribution in [0.1, 0.15) is 23.2 Å². The third-order valence-corrected chi connectivity index (χ3v) is 2.78. The predicted molar refractivity (Wildman–Crippen MR) is 69.0 cm³/mol. The summed E-state index contributed by atoms with van der Waals surface area (Å²) in [5.74, 6) is -3.28. The van der Waals surface area contributed by atoms with Crippen LogP contribution < -0.4 is 5.73 Å². The third-order valence-electron chi connectivity index (χ3n) is 2.78. The lowest BCUT2D eigenvalue weighted by Gasteiger charge is -2.18. The highest BCUT2D eigenvalue weighted by Crippen LogP contribution is 2.20. The number of hydrogen-bond acceptors (Lipinski definition) is 4. The van der Waals surface area contributed by atoms with Crippen LogP contribution in [0.4, 0.5) is 14.5 Å². The van der Waals surface area contributed by atoms with Crippen molar-refractivity contribution in [1.29, 1.82) is 0 Å². The van der Waals surface area contributed by atoms with E-state index in [1.165, 1.54) is 14.2 Å². The predicted octanol–water partition coefficient (Wildman–Crippen LogP) is 1.57. The Morgan fingerprint density at radius 1 is 1.35 bits per heavy atom. The molecule has 0 saturated carbocycles. The lowest BCUT2D eigenvalue weighted by atomic mass is 10.1. The number of anilines is 1. The van der Waals surface area contributed by atoms with Crippen molar-refractivity contribution >= 4 is 17.6 Å². The van der Waals surface area contributed by atoms with Crippen molar-refractivity contribution in [3.63, 3.8) is 0 Å². The first-order valence-corrected chi connectivity index (χ1v) is 5.94. The summed E-state index contributed by atoms with van der Waals surface area (Å²) in [6, 6.07) is 1.99. The minimum absolute atomic E-state index is 0.121. The molecule has 1 aromatic carbocycles. The number of nitrogens with zero attached hydrogens (tertiary/aromatic N) is 1. The van der Waals surface area contributed by atoms with Crippen LogP contribution in [0.15, 0.2) is 12.1 Å². The first-order valence-electron chi connectivity index (χ1n) is 5.94. The van der Waals surface area contributed by atoms with Crippen LogP contribution in [0.3, 0.4) is 0 Å². The summed E-state index contributed by atoms with van der Waals surface area (Å²) in [6.45, 7) is 0.168. The molecular formula is C13H16F2N2O3. The number of methoxy groups -OCH3 is 1. The van der Waals surface area contributed by atoms with Crippen LogP contribution in [-0.2, 0) is 9.53 Å². The zero-order valence-corrected chi connectivity index (χ0v) is 11.3. The fraction of sp³-hybridized carbons (Fsp3) is 0.385. The van der Waals surface area contributed by atoms with Crippen LogP contribution in [0.5, 0.6) is 0 Å². The van der Waals surface area contributed by atoms with Gasteiger partial charge in [0.15, 0.2) is 5.82 Å². The fourth-order valence-corrected chi connectivity index (χ4v) is 1.62. The van der Waals surface area contributed by atoms with Gasteiger partial charge in [0.05, 0.1) is 12.8 Å². The van der Waals surface area contributed by atoms with Gasteiger partial charge >= 0.3 is 5.97 Å². The molecule has 2 N–H and O–H groups in total. The average Bonchev–Trinajstić information content (AvgIpc) is 2.42. The van der Waals surface area contributed by atoms with Crippen molar-refractivity contribution in [3.05, 3.63) is 29.3 Å². The zero-order valence-electron chi connectivity index (χ0n) is 11.3. The standard InChI is InChI=1S/C13H16F2N2O3/c1-17(7-3-4-10(18)20-2)13(19)11-8(14)5-6-9(16)12(11)15/h5-6H,3-4,7,16H2,1-2H3. The van der Waals surface area contributed by atoms with Gasteiger partial charge in [-0.3, -0.25) is 9.59 Å². The molecule has 0 fully saturated rings. The first-order chi connectivity index (χ1) is 9.38. The second kappa shape index (κ2) is 6.83. The molecule has 0 atom stereocenters. The molecule has 0 aliphatic rings. The van der Waals surface area contributed by atoms with Gasteiger partial charge in [-0.15, -0.1) is 0 Å². The average molecular weight is 286 g/mol. The van der Waals surface area contributed by atoms with E-state index in [2.05, 4.69) is 4.74 Å². The molecule has 0 heterocycles. The second-order valence-corrected chi connectivity index (χ2v) is 4.23. The minimum Gasteiger partial charge on any atom is -0.469 e. The monoisotopic (exact) mass is 286 g/mol. The summed E-state index contributed by atoms with van der Waals surface area (Å²) in [5, 5.41) is 0. The molecule has 0 bridgehead atoms. The van der Waals surface area contributed by atoms with Gasteiger partial charge in [0.1, 0.15) is 11.4 Å². The molecular weight excluding hydrogens is 270 g/mol. The van der Waals surface area contributed by atoms with Crippen LogP contribution in [-0.4, -0.2) is 37.5 Å². The molecule has 0 aromatic heterocycles. The van der Waals surface area contributed by atoms with Crippen molar-refractivity contribution in [2.75, 3.05) is 26.4 Å². The number of rotatable bonds is 5. The van der Waals surface area contributed by atoms with Crippen LogP contribution in [0.25, 0.3) is 0 Å². The Bertz CT molecular complexity index is 521. The normalized spacial score (nSPS) is 10.2. The molecule has 0 aliphatic carbocycles. The van der Waals surface area contributed by atoms with E-state index < -0.39 is 29.1 Å². The Kier molecular flexibility index (Phi) is 5.42. The highest BCUT2D eigenvalue weighted by atomic mass is 19.1. The smallest absolute Gasteiger partial charge is 0.305 e. The molecule has 0 aliphatic heterocycles. The number of ether oxygens (including phenoxy) is 1. The van der Waals surface area contributed by atoms with Gasteiger partial charge in [0.2, 0.25) is 0 Å². The Balaban J connectivity index is 2.75. The molecule has 0 unspecified atom stereocenters. The number of carbonyl (C=O) groups excluding carboxylic acids is 2. The van der Waals surface area contributed by atoms with Gasteiger partial charge in [-0.05, 0) is 18.6 Å². The highest BCUT2D eigenvalue weighted by molar-refractivity contribution is 5.95. The van der Waals surface area contributed by atoms with Gasteiger partial charge in [-0.1, -0.05) is 0 Å². The third kappa shape index (κ3) is 3.66. The largest absolute Gasteiger partial charge is 0.469 e. The van der Waals surface area contributed by atoms with Crippen molar-refractivity contribution < 1.29 is 23.1 Å². The summed E-state index contributed by atoms with van der Waals surface area (Å²) in [6.07, 6.45) is 0.455. The van der Waals surface area contributed by atoms with E-state index in [1.807, 2.05) is 0 Å². The van der Waals surface area contributed by atoms with Gasteiger partial charge in [0.25, 0.3) is 5.91 Å². The van der Waals surface area contributed by atoms with E-state index in [1.54, 1.807) is 0 Å². The number of esters is 1. The van der Waals surface area contributed by atoms with E-state index >= 15 is 0 Å². The summed E-state index contributed by atoms with van der Waals surface area (Å²) < 4.78 is 31.7. The number of nitrogen functional groups attached to an aromatic ring is 1. The zero-order chi connectivity index (χ0) is 15.3.